The van der Waals surface area contributed by atoms with Gasteiger partial charge >= 0.3 is 0 Å². The number of aliphatic hydroxyl groups is 1. The van der Waals surface area contributed by atoms with Crippen molar-refractivity contribution in [3.63, 3.8) is 0 Å². The molecular formula is C28H34N2O2. The minimum Gasteiger partial charge on any atom is -0.395 e. The number of amides is 1. The van der Waals surface area contributed by atoms with E-state index in [4.69, 9.17) is 0 Å². The molecule has 1 aromatic carbocycles. The van der Waals surface area contributed by atoms with Crippen LogP contribution in [0.2, 0.25) is 0 Å². The lowest BCUT2D eigenvalue weighted by Gasteiger charge is -2.37. The maximum atomic E-state index is 13.1. The second-order valence-electron chi connectivity index (χ2n) is 8.72. The number of carbonyl (C=O) groups excluding carboxylic acids is 1. The average molecular weight is 431 g/mol. The summed E-state index contributed by atoms with van der Waals surface area (Å²) in [6.07, 6.45) is 16.6. The van der Waals surface area contributed by atoms with Crippen LogP contribution in [-0.4, -0.2) is 30.2 Å². The zero-order valence-electron chi connectivity index (χ0n) is 19.5. The van der Waals surface area contributed by atoms with Crippen molar-refractivity contribution in [1.29, 1.82) is 0 Å². The van der Waals surface area contributed by atoms with Crippen LogP contribution >= 0.6 is 0 Å². The van der Waals surface area contributed by atoms with E-state index in [1.54, 1.807) is 0 Å². The summed E-state index contributed by atoms with van der Waals surface area (Å²) < 4.78 is 0. The van der Waals surface area contributed by atoms with Gasteiger partial charge in [-0.25, -0.2) is 0 Å². The molecule has 0 saturated carbocycles. The number of hydrogen-bond donors (Lipinski definition) is 2. The monoisotopic (exact) mass is 430 g/mol. The number of rotatable bonds is 5. The minimum absolute atomic E-state index is 0.0201. The molecule has 1 aliphatic carbocycles. The standard InChI is InChI=1S/C28H34N2O2/c1-5-7-12-21-20(6-2)13-14-22-23-17-29-28(32)26(23)24-18(3)10-8-9-11-19(4)30(15-16-31)27(24)25(21)22/h7-12,19,31H,3,5-6,13-17H2,1-2,4H3,(H,29,32)/b10-8-,11-9-,12-7-. The Labute approximate surface area is 191 Å². The van der Waals surface area contributed by atoms with Crippen molar-refractivity contribution in [2.45, 2.75) is 59.0 Å². The SMILES string of the molecule is C=C1/C=C\C=C/C(C)N(CCO)c2c3c(c4c(c21)C(=O)NC4)CCC(CC)=C3/C=C\CC. The highest BCUT2D eigenvalue weighted by molar-refractivity contribution is 6.09. The molecule has 2 N–H and O–H groups in total. The fourth-order valence-electron chi connectivity index (χ4n) is 5.31. The van der Waals surface area contributed by atoms with E-state index in [-0.39, 0.29) is 18.6 Å². The first-order valence-corrected chi connectivity index (χ1v) is 11.8. The Balaban J connectivity index is 2.17. The lowest BCUT2D eigenvalue weighted by Crippen LogP contribution is -2.36. The van der Waals surface area contributed by atoms with Gasteiger partial charge in [-0.2, -0.15) is 0 Å². The smallest absolute Gasteiger partial charge is 0.252 e. The molecule has 2 aliphatic heterocycles. The van der Waals surface area contributed by atoms with Crippen LogP contribution in [0.15, 0.2) is 48.6 Å². The largest absolute Gasteiger partial charge is 0.395 e. The molecule has 32 heavy (non-hydrogen) atoms. The molecule has 0 aromatic heterocycles. The molecule has 0 spiro atoms. The summed E-state index contributed by atoms with van der Waals surface area (Å²) in [4.78, 5) is 15.3. The quantitative estimate of drug-likeness (QED) is 0.664. The van der Waals surface area contributed by atoms with E-state index < -0.39 is 0 Å². The molecule has 0 radical (unpaired) electrons. The Morgan fingerprint density at radius 3 is 2.72 bits per heavy atom. The number of nitrogens with one attached hydrogen (secondary N) is 1. The van der Waals surface area contributed by atoms with E-state index in [0.29, 0.717) is 13.1 Å². The zero-order chi connectivity index (χ0) is 22.8. The van der Waals surface area contributed by atoms with Crippen LogP contribution in [0.25, 0.3) is 11.1 Å². The Morgan fingerprint density at radius 1 is 1.19 bits per heavy atom. The molecule has 1 atom stereocenters. The van der Waals surface area contributed by atoms with Crippen molar-refractivity contribution in [1.82, 2.24) is 5.32 Å². The molecule has 0 fully saturated rings. The molecule has 1 unspecified atom stereocenters. The van der Waals surface area contributed by atoms with Crippen LogP contribution in [-0.2, 0) is 13.0 Å². The van der Waals surface area contributed by atoms with Crippen LogP contribution in [0.3, 0.4) is 0 Å². The summed E-state index contributed by atoms with van der Waals surface area (Å²) in [5.41, 5.74) is 9.92. The summed E-state index contributed by atoms with van der Waals surface area (Å²) in [5, 5.41) is 13.1. The van der Waals surface area contributed by atoms with Crippen molar-refractivity contribution in [2.75, 3.05) is 18.1 Å². The molecule has 2 heterocycles. The number of aliphatic hydroxyl groups excluding tert-OH is 1. The van der Waals surface area contributed by atoms with Gasteiger partial charge in [0.05, 0.1) is 17.9 Å². The van der Waals surface area contributed by atoms with E-state index in [1.165, 1.54) is 22.3 Å². The fraction of sp³-hybridized carbons (Fsp3) is 0.393. The summed E-state index contributed by atoms with van der Waals surface area (Å²) in [6.45, 7) is 12.0. The van der Waals surface area contributed by atoms with E-state index in [2.05, 4.69) is 55.8 Å². The molecule has 1 amide bonds. The van der Waals surface area contributed by atoms with Crippen molar-refractivity contribution in [3.05, 3.63) is 76.4 Å². The molecule has 4 nitrogen and oxygen atoms in total. The van der Waals surface area contributed by atoms with Crippen LogP contribution < -0.4 is 10.2 Å². The summed E-state index contributed by atoms with van der Waals surface area (Å²) in [7, 11) is 0. The first kappa shape index (κ1) is 22.3. The number of β-amino-alcohol motifs (C(OH)–C–C–N with tert-alkyl or cyclic N) is 1. The van der Waals surface area contributed by atoms with Gasteiger partial charge in [-0.1, -0.05) is 62.5 Å². The van der Waals surface area contributed by atoms with Gasteiger partial charge in [0.1, 0.15) is 0 Å². The number of nitrogens with zero attached hydrogens (tertiary/aromatic N) is 1. The third-order valence-electron chi connectivity index (χ3n) is 6.86. The van der Waals surface area contributed by atoms with E-state index >= 15 is 0 Å². The number of benzene rings is 1. The van der Waals surface area contributed by atoms with Crippen LogP contribution in [0, 0.1) is 0 Å². The summed E-state index contributed by atoms with van der Waals surface area (Å²) >= 11 is 0. The summed E-state index contributed by atoms with van der Waals surface area (Å²) in [6, 6.07) is 0.0615. The van der Waals surface area contributed by atoms with Gasteiger partial charge in [-0.05, 0) is 54.9 Å². The van der Waals surface area contributed by atoms with Gasteiger partial charge in [0.25, 0.3) is 5.91 Å². The second kappa shape index (κ2) is 9.33. The van der Waals surface area contributed by atoms with Gasteiger partial charge in [0, 0.05) is 30.3 Å². The van der Waals surface area contributed by atoms with Crippen molar-refractivity contribution in [3.8, 4) is 0 Å². The third-order valence-corrected chi connectivity index (χ3v) is 6.86. The van der Waals surface area contributed by atoms with Crippen LogP contribution in [0.4, 0.5) is 5.69 Å². The molecule has 168 valence electrons. The first-order valence-electron chi connectivity index (χ1n) is 11.8. The number of anilines is 1. The van der Waals surface area contributed by atoms with Gasteiger partial charge in [0.2, 0.25) is 0 Å². The predicted molar refractivity (Wildman–Crippen MR) is 134 cm³/mol. The Kier molecular flexibility index (Phi) is 6.52. The van der Waals surface area contributed by atoms with E-state index in [9.17, 15) is 9.90 Å². The van der Waals surface area contributed by atoms with Crippen molar-refractivity contribution in [2.24, 2.45) is 0 Å². The normalized spacial score (nSPS) is 22.1. The maximum Gasteiger partial charge on any atom is 0.252 e. The number of carbonyl (C=O) groups is 1. The Bertz CT molecular complexity index is 1070. The highest BCUT2D eigenvalue weighted by atomic mass is 16.3. The van der Waals surface area contributed by atoms with Gasteiger partial charge in [-0.3, -0.25) is 4.79 Å². The highest BCUT2D eigenvalue weighted by Crippen LogP contribution is 2.48. The number of allylic oxidation sites excluding steroid dienone is 8. The van der Waals surface area contributed by atoms with Crippen molar-refractivity contribution >= 4 is 22.7 Å². The topological polar surface area (TPSA) is 52.6 Å². The molecule has 0 saturated heterocycles. The summed E-state index contributed by atoms with van der Waals surface area (Å²) in [5.74, 6) is -0.0201. The molecule has 1 aromatic rings. The van der Waals surface area contributed by atoms with Gasteiger partial charge in [-0.15, -0.1) is 0 Å². The van der Waals surface area contributed by atoms with E-state index in [1.807, 2.05) is 18.2 Å². The zero-order valence-corrected chi connectivity index (χ0v) is 19.5. The molecule has 4 rings (SSSR count). The predicted octanol–water partition coefficient (Wildman–Crippen LogP) is 5.33. The minimum atomic E-state index is -0.0201. The van der Waals surface area contributed by atoms with Gasteiger partial charge < -0.3 is 15.3 Å². The van der Waals surface area contributed by atoms with Gasteiger partial charge in [0.15, 0.2) is 0 Å². The van der Waals surface area contributed by atoms with Crippen LogP contribution in [0.1, 0.15) is 72.6 Å². The highest BCUT2D eigenvalue weighted by Gasteiger charge is 2.36. The Morgan fingerprint density at radius 2 is 2.00 bits per heavy atom. The fourth-order valence-corrected chi connectivity index (χ4v) is 5.31. The van der Waals surface area contributed by atoms with Crippen molar-refractivity contribution < 1.29 is 9.90 Å². The lowest BCUT2D eigenvalue weighted by atomic mass is 9.76. The molecule has 4 heteroatoms. The molecule has 0 bridgehead atoms. The van der Waals surface area contributed by atoms with Crippen LogP contribution in [0.5, 0.6) is 0 Å². The average Bonchev–Trinajstić information content (AvgIpc) is 3.20. The molecular weight excluding hydrogens is 396 g/mol. The second-order valence-corrected chi connectivity index (χ2v) is 8.72. The number of fused-ring (bicyclic) bond motifs is 6. The van der Waals surface area contributed by atoms with E-state index in [0.717, 1.165) is 53.6 Å². The third kappa shape index (κ3) is 3.67. The first-order chi connectivity index (χ1) is 15.5. The Hall–Kier alpha value is -2.85. The maximum absolute atomic E-state index is 13.1. The number of hydrogen-bond acceptors (Lipinski definition) is 3. The molecule has 3 aliphatic rings. The lowest BCUT2D eigenvalue weighted by molar-refractivity contribution is 0.0965.